The molecule has 0 bridgehead atoms. The zero-order valence-corrected chi connectivity index (χ0v) is 10.3. The summed E-state index contributed by atoms with van der Waals surface area (Å²) in [5.41, 5.74) is -0.308. The van der Waals surface area contributed by atoms with Gasteiger partial charge in [0.1, 0.15) is 6.54 Å². The highest BCUT2D eigenvalue weighted by molar-refractivity contribution is 5.75. The highest BCUT2D eigenvalue weighted by Crippen LogP contribution is 2.13. The van der Waals surface area contributed by atoms with E-state index >= 15 is 0 Å². The number of aryl methyl sites for hydroxylation is 1. The van der Waals surface area contributed by atoms with Gasteiger partial charge < -0.3 is 5.32 Å². The van der Waals surface area contributed by atoms with Crippen molar-refractivity contribution in [3.63, 3.8) is 0 Å². The van der Waals surface area contributed by atoms with Gasteiger partial charge in [0.25, 0.3) is 11.2 Å². The normalized spacial score (nSPS) is 10.1. The number of amides is 1. The molecule has 0 aromatic carbocycles. The topological polar surface area (TPSA) is 94.2 Å². The molecule has 1 N–H and O–H groups in total. The summed E-state index contributed by atoms with van der Waals surface area (Å²) >= 11 is 0. The molecule has 0 atom stereocenters. The Hall–Kier alpha value is -2.18. The minimum absolute atomic E-state index is 0.169. The fourth-order valence-electron chi connectivity index (χ4n) is 1.44. The van der Waals surface area contributed by atoms with Crippen LogP contribution in [0.15, 0.2) is 17.1 Å². The minimum Gasteiger partial charge on any atom is -0.355 e. The first-order valence-electron chi connectivity index (χ1n) is 5.58. The van der Waals surface area contributed by atoms with Crippen molar-refractivity contribution >= 4 is 11.6 Å². The van der Waals surface area contributed by atoms with E-state index in [1.165, 1.54) is 6.92 Å². The summed E-state index contributed by atoms with van der Waals surface area (Å²) in [7, 11) is 0. The van der Waals surface area contributed by atoms with Crippen molar-refractivity contribution in [3.05, 3.63) is 38.3 Å². The molecular formula is C11H15N3O4. The molecule has 0 aliphatic carbocycles. The number of nitrogens with one attached hydrogen (secondary N) is 1. The van der Waals surface area contributed by atoms with Crippen LogP contribution >= 0.6 is 0 Å². The number of rotatable bonds is 5. The van der Waals surface area contributed by atoms with Gasteiger partial charge in [-0.1, -0.05) is 6.92 Å². The van der Waals surface area contributed by atoms with Gasteiger partial charge in [-0.25, -0.2) is 0 Å². The third kappa shape index (κ3) is 3.41. The van der Waals surface area contributed by atoms with E-state index in [1.807, 2.05) is 6.92 Å². The molecule has 1 heterocycles. The quantitative estimate of drug-likeness (QED) is 0.613. The number of carbonyl (C=O) groups is 1. The number of nitro groups is 1. The zero-order chi connectivity index (χ0) is 13.7. The van der Waals surface area contributed by atoms with Crippen LogP contribution in [-0.4, -0.2) is 21.9 Å². The molecule has 0 spiro atoms. The highest BCUT2D eigenvalue weighted by Gasteiger charge is 2.14. The van der Waals surface area contributed by atoms with Gasteiger partial charge in [-0.15, -0.1) is 0 Å². The van der Waals surface area contributed by atoms with Crippen molar-refractivity contribution in [3.8, 4) is 0 Å². The van der Waals surface area contributed by atoms with E-state index in [-0.39, 0.29) is 23.7 Å². The smallest absolute Gasteiger partial charge is 0.288 e. The summed E-state index contributed by atoms with van der Waals surface area (Å²) in [6, 6.07) is 1.16. The summed E-state index contributed by atoms with van der Waals surface area (Å²) in [5, 5.41) is 13.3. The molecule has 7 nitrogen and oxygen atoms in total. The van der Waals surface area contributed by atoms with E-state index in [4.69, 9.17) is 0 Å². The SMILES string of the molecule is CCCNC(=O)Cn1cc([N+](=O)[O-])c(C)cc1=O. The lowest BCUT2D eigenvalue weighted by molar-refractivity contribution is -0.385. The fourth-order valence-corrected chi connectivity index (χ4v) is 1.44. The molecule has 0 fully saturated rings. The number of carbonyl (C=O) groups excluding carboxylic acids is 1. The Kier molecular flexibility index (Phi) is 4.59. The zero-order valence-electron chi connectivity index (χ0n) is 10.3. The summed E-state index contributed by atoms with van der Waals surface area (Å²) in [6.07, 6.45) is 1.89. The molecule has 0 unspecified atom stereocenters. The molecule has 1 amide bonds. The van der Waals surface area contributed by atoms with Crippen LogP contribution in [0.2, 0.25) is 0 Å². The van der Waals surface area contributed by atoms with E-state index in [1.54, 1.807) is 0 Å². The van der Waals surface area contributed by atoms with Crippen LogP contribution in [0.25, 0.3) is 0 Å². The maximum atomic E-state index is 11.6. The van der Waals surface area contributed by atoms with Gasteiger partial charge >= 0.3 is 0 Å². The Balaban J connectivity index is 2.96. The lowest BCUT2D eigenvalue weighted by Gasteiger charge is -2.07. The summed E-state index contributed by atoms with van der Waals surface area (Å²) in [4.78, 5) is 33.2. The first-order chi connectivity index (χ1) is 8.45. The Morgan fingerprint density at radius 3 is 2.78 bits per heavy atom. The molecule has 0 radical (unpaired) electrons. The number of hydrogen-bond donors (Lipinski definition) is 1. The van der Waals surface area contributed by atoms with Crippen LogP contribution in [0.1, 0.15) is 18.9 Å². The van der Waals surface area contributed by atoms with Gasteiger partial charge in [0.15, 0.2) is 0 Å². The second-order valence-electron chi connectivity index (χ2n) is 3.91. The first-order valence-corrected chi connectivity index (χ1v) is 5.58. The fraction of sp³-hybridized carbons (Fsp3) is 0.455. The van der Waals surface area contributed by atoms with Crippen molar-refractivity contribution in [2.45, 2.75) is 26.8 Å². The second kappa shape index (κ2) is 5.95. The molecule has 1 rings (SSSR count). The van der Waals surface area contributed by atoms with E-state index in [0.717, 1.165) is 23.3 Å². The van der Waals surface area contributed by atoms with Crippen molar-refractivity contribution in [1.29, 1.82) is 0 Å². The average Bonchev–Trinajstić information content (AvgIpc) is 2.29. The maximum Gasteiger partial charge on any atom is 0.288 e. The standard InChI is InChI=1S/C11H15N3O4/c1-3-4-12-10(15)7-13-6-9(14(17)18)8(2)5-11(13)16/h5-6H,3-4,7H2,1-2H3,(H,12,15). The highest BCUT2D eigenvalue weighted by atomic mass is 16.6. The number of aromatic nitrogens is 1. The van der Waals surface area contributed by atoms with E-state index < -0.39 is 10.5 Å². The first kappa shape index (κ1) is 13.9. The summed E-state index contributed by atoms with van der Waals surface area (Å²) < 4.78 is 1.04. The molecule has 0 aliphatic heterocycles. The van der Waals surface area contributed by atoms with Gasteiger partial charge in [0, 0.05) is 18.2 Å². The van der Waals surface area contributed by atoms with Gasteiger partial charge in [-0.05, 0) is 13.3 Å². The second-order valence-corrected chi connectivity index (χ2v) is 3.91. The van der Waals surface area contributed by atoms with E-state index in [0.29, 0.717) is 6.54 Å². The summed E-state index contributed by atoms with van der Waals surface area (Å²) in [5.74, 6) is -0.336. The van der Waals surface area contributed by atoms with Gasteiger partial charge in [-0.2, -0.15) is 0 Å². The molecule has 0 saturated carbocycles. The third-order valence-corrected chi connectivity index (χ3v) is 2.39. The molecule has 1 aromatic heterocycles. The largest absolute Gasteiger partial charge is 0.355 e. The Morgan fingerprint density at radius 1 is 1.56 bits per heavy atom. The van der Waals surface area contributed by atoms with Crippen LogP contribution in [0.3, 0.4) is 0 Å². The Bertz CT molecular complexity index is 522. The number of nitrogens with zero attached hydrogens (tertiary/aromatic N) is 2. The molecule has 0 aliphatic rings. The predicted octanol–water partition coefficient (Wildman–Crippen LogP) is 0.591. The van der Waals surface area contributed by atoms with Crippen LogP contribution < -0.4 is 10.9 Å². The van der Waals surface area contributed by atoms with Crippen molar-refractivity contribution in [1.82, 2.24) is 9.88 Å². The molecule has 0 saturated heterocycles. The van der Waals surface area contributed by atoms with Crippen LogP contribution in [0.4, 0.5) is 5.69 Å². The minimum atomic E-state index is -0.574. The lowest BCUT2D eigenvalue weighted by Crippen LogP contribution is -2.32. The number of hydrogen-bond acceptors (Lipinski definition) is 4. The van der Waals surface area contributed by atoms with Gasteiger partial charge in [0.2, 0.25) is 5.91 Å². The third-order valence-electron chi connectivity index (χ3n) is 2.39. The van der Waals surface area contributed by atoms with Crippen molar-refractivity contribution in [2.24, 2.45) is 0 Å². The van der Waals surface area contributed by atoms with Crippen molar-refractivity contribution in [2.75, 3.05) is 6.54 Å². The molecular weight excluding hydrogens is 238 g/mol. The monoisotopic (exact) mass is 253 g/mol. The van der Waals surface area contributed by atoms with Crippen LogP contribution in [-0.2, 0) is 11.3 Å². The Morgan fingerprint density at radius 2 is 2.22 bits per heavy atom. The molecule has 1 aromatic rings. The Labute approximate surface area is 104 Å². The van der Waals surface area contributed by atoms with Gasteiger partial charge in [-0.3, -0.25) is 24.3 Å². The molecule has 18 heavy (non-hydrogen) atoms. The number of pyridine rings is 1. The molecule has 7 heteroatoms. The van der Waals surface area contributed by atoms with Crippen LogP contribution in [0, 0.1) is 17.0 Å². The lowest BCUT2D eigenvalue weighted by atomic mass is 10.2. The summed E-state index contributed by atoms with van der Waals surface area (Å²) in [6.45, 7) is 3.70. The van der Waals surface area contributed by atoms with Crippen molar-refractivity contribution < 1.29 is 9.72 Å². The van der Waals surface area contributed by atoms with E-state index in [9.17, 15) is 19.7 Å². The average molecular weight is 253 g/mol. The van der Waals surface area contributed by atoms with E-state index in [2.05, 4.69) is 5.32 Å². The maximum absolute atomic E-state index is 11.6. The predicted molar refractivity (Wildman–Crippen MR) is 65.4 cm³/mol. The molecule has 98 valence electrons. The van der Waals surface area contributed by atoms with Crippen LogP contribution in [0.5, 0.6) is 0 Å². The van der Waals surface area contributed by atoms with Gasteiger partial charge in [0.05, 0.1) is 11.1 Å².